The molecule has 1 unspecified atom stereocenters. The zero-order valence-electron chi connectivity index (χ0n) is 7.90. The average molecular weight is 180 g/mol. The highest BCUT2D eigenvalue weighted by atomic mass is 16.4. The van der Waals surface area contributed by atoms with Crippen molar-refractivity contribution in [1.82, 2.24) is 9.97 Å². The molecule has 1 heterocycles. The summed E-state index contributed by atoms with van der Waals surface area (Å²) in [6, 6.07) is 1.70. The van der Waals surface area contributed by atoms with Crippen LogP contribution >= 0.6 is 0 Å². The molecular weight excluding hydrogens is 168 g/mol. The molecule has 0 aliphatic carbocycles. The summed E-state index contributed by atoms with van der Waals surface area (Å²) in [4.78, 5) is 18.8. The maximum absolute atomic E-state index is 10.7. The molecule has 0 aromatic carbocycles. The molecule has 13 heavy (non-hydrogen) atoms. The van der Waals surface area contributed by atoms with Crippen LogP contribution in [-0.4, -0.2) is 21.0 Å². The Morgan fingerprint density at radius 1 is 1.46 bits per heavy atom. The minimum absolute atomic E-state index is 0.567. The third-order valence-corrected chi connectivity index (χ3v) is 1.80. The molecule has 1 N–H and O–H groups in total. The molecule has 0 amide bonds. The summed E-state index contributed by atoms with van der Waals surface area (Å²) in [6.45, 7) is 5.20. The number of carboxylic acid groups (broad SMARTS) is 1. The van der Waals surface area contributed by atoms with E-state index in [4.69, 9.17) is 5.11 Å². The third-order valence-electron chi connectivity index (χ3n) is 1.80. The number of carboxylic acids is 1. The van der Waals surface area contributed by atoms with Gasteiger partial charge >= 0.3 is 5.97 Å². The van der Waals surface area contributed by atoms with E-state index in [0.717, 1.165) is 5.69 Å². The molecule has 0 saturated carbocycles. The minimum atomic E-state index is -0.863. The summed E-state index contributed by atoms with van der Waals surface area (Å²) < 4.78 is 0. The van der Waals surface area contributed by atoms with Crippen molar-refractivity contribution in [3.05, 3.63) is 23.3 Å². The van der Waals surface area contributed by atoms with Gasteiger partial charge in [0.25, 0.3) is 0 Å². The Bertz CT molecular complexity index is 316. The van der Waals surface area contributed by atoms with E-state index >= 15 is 0 Å². The van der Waals surface area contributed by atoms with Gasteiger partial charge in [0.15, 0.2) is 0 Å². The summed E-state index contributed by atoms with van der Waals surface area (Å²) in [6.07, 6.45) is 0. The smallest absolute Gasteiger partial charge is 0.312 e. The van der Waals surface area contributed by atoms with Crippen LogP contribution in [-0.2, 0) is 4.79 Å². The second-order valence-corrected chi connectivity index (χ2v) is 3.04. The van der Waals surface area contributed by atoms with Crippen LogP contribution in [0.3, 0.4) is 0 Å². The molecule has 0 fully saturated rings. The first-order valence-electron chi connectivity index (χ1n) is 4.05. The van der Waals surface area contributed by atoms with Gasteiger partial charge in [-0.3, -0.25) is 4.79 Å². The van der Waals surface area contributed by atoms with Gasteiger partial charge in [-0.25, -0.2) is 9.97 Å². The number of nitrogens with zero attached hydrogens (tertiary/aromatic N) is 2. The molecule has 1 atom stereocenters. The van der Waals surface area contributed by atoms with Crippen molar-refractivity contribution in [1.29, 1.82) is 0 Å². The highest BCUT2D eigenvalue weighted by Crippen LogP contribution is 2.13. The number of aliphatic carboxylic acids is 1. The zero-order valence-corrected chi connectivity index (χ0v) is 7.90. The normalized spacial score (nSPS) is 12.5. The lowest BCUT2D eigenvalue weighted by molar-refractivity contribution is -0.138. The number of hydrogen-bond acceptors (Lipinski definition) is 3. The molecular formula is C9H12N2O2. The van der Waals surface area contributed by atoms with Crippen LogP contribution in [0.4, 0.5) is 0 Å². The zero-order chi connectivity index (χ0) is 10.0. The molecule has 0 aliphatic heterocycles. The van der Waals surface area contributed by atoms with Crippen LogP contribution in [0.1, 0.15) is 30.1 Å². The Kier molecular flexibility index (Phi) is 2.60. The largest absolute Gasteiger partial charge is 0.481 e. The maximum Gasteiger partial charge on any atom is 0.312 e. The second kappa shape index (κ2) is 3.51. The molecule has 0 spiro atoms. The molecule has 0 radical (unpaired) electrons. The average Bonchev–Trinajstić information content (AvgIpc) is 2.01. The van der Waals surface area contributed by atoms with E-state index in [9.17, 15) is 4.79 Å². The molecule has 0 saturated heterocycles. The van der Waals surface area contributed by atoms with E-state index in [1.54, 1.807) is 19.9 Å². The van der Waals surface area contributed by atoms with Gasteiger partial charge in [0.05, 0.1) is 11.6 Å². The van der Waals surface area contributed by atoms with Gasteiger partial charge in [-0.2, -0.15) is 0 Å². The first-order chi connectivity index (χ1) is 6.00. The van der Waals surface area contributed by atoms with E-state index < -0.39 is 11.9 Å². The van der Waals surface area contributed by atoms with Crippen molar-refractivity contribution < 1.29 is 9.90 Å². The number of aromatic nitrogens is 2. The van der Waals surface area contributed by atoms with E-state index in [0.29, 0.717) is 11.5 Å². The minimum Gasteiger partial charge on any atom is -0.481 e. The summed E-state index contributed by atoms with van der Waals surface area (Å²) in [5.74, 6) is -0.819. The Morgan fingerprint density at radius 3 is 2.54 bits per heavy atom. The van der Waals surface area contributed by atoms with Crippen LogP contribution < -0.4 is 0 Å². The van der Waals surface area contributed by atoms with Crippen molar-refractivity contribution in [2.45, 2.75) is 26.7 Å². The van der Waals surface area contributed by atoms with Gasteiger partial charge in [-0.15, -0.1) is 0 Å². The fourth-order valence-corrected chi connectivity index (χ4v) is 1.09. The molecule has 0 aliphatic rings. The monoisotopic (exact) mass is 180 g/mol. The fourth-order valence-electron chi connectivity index (χ4n) is 1.09. The number of hydrogen-bond donors (Lipinski definition) is 1. The quantitative estimate of drug-likeness (QED) is 0.744. The predicted octanol–water partition coefficient (Wildman–Crippen LogP) is 1.28. The van der Waals surface area contributed by atoms with Gasteiger partial charge < -0.3 is 5.11 Å². The van der Waals surface area contributed by atoms with Gasteiger partial charge in [0.2, 0.25) is 0 Å². The molecule has 4 heteroatoms. The topological polar surface area (TPSA) is 63.1 Å². The summed E-state index contributed by atoms with van der Waals surface area (Å²) in [7, 11) is 0. The standard InChI is InChI=1S/C9H12N2O2/c1-5-4-8(6(2)9(12)13)11-7(3)10-5/h4,6H,1-3H3,(H,12,13). The lowest BCUT2D eigenvalue weighted by atomic mass is 10.1. The van der Waals surface area contributed by atoms with Crippen molar-refractivity contribution in [3.63, 3.8) is 0 Å². The van der Waals surface area contributed by atoms with Crippen LogP contribution in [0.15, 0.2) is 6.07 Å². The fraction of sp³-hybridized carbons (Fsp3) is 0.444. The summed E-state index contributed by atoms with van der Waals surface area (Å²) >= 11 is 0. The lowest BCUT2D eigenvalue weighted by Crippen LogP contribution is -2.10. The number of carbonyl (C=O) groups is 1. The van der Waals surface area contributed by atoms with Gasteiger partial charge in [0.1, 0.15) is 5.82 Å². The van der Waals surface area contributed by atoms with E-state index in [2.05, 4.69) is 9.97 Å². The van der Waals surface area contributed by atoms with E-state index in [-0.39, 0.29) is 0 Å². The summed E-state index contributed by atoms with van der Waals surface area (Å²) in [5, 5.41) is 8.76. The van der Waals surface area contributed by atoms with Crippen molar-refractivity contribution in [2.75, 3.05) is 0 Å². The Balaban J connectivity index is 3.07. The second-order valence-electron chi connectivity index (χ2n) is 3.04. The van der Waals surface area contributed by atoms with Crippen LogP contribution in [0, 0.1) is 13.8 Å². The highest BCUT2D eigenvalue weighted by Gasteiger charge is 2.15. The Morgan fingerprint density at radius 2 is 2.08 bits per heavy atom. The van der Waals surface area contributed by atoms with E-state index in [1.807, 2.05) is 6.92 Å². The lowest BCUT2D eigenvalue weighted by Gasteiger charge is -2.06. The van der Waals surface area contributed by atoms with Crippen LogP contribution in [0.2, 0.25) is 0 Å². The molecule has 1 aromatic rings. The number of aryl methyl sites for hydroxylation is 2. The molecule has 0 bridgehead atoms. The number of rotatable bonds is 2. The Labute approximate surface area is 76.7 Å². The molecule has 1 aromatic heterocycles. The molecule has 70 valence electrons. The van der Waals surface area contributed by atoms with E-state index in [1.165, 1.54) is 0 Å². The van der Waals surface area contributed by atoms with Gasteiger partial charge in [0, 0.05) is 5.69 Å². The van der Waals surface area contributed by atoms with Crippen LogP contribution in [0.25, 0.3) is 0 Å². The maximum atomic E-state index is 10.7. The van der Waals surface area contributed by atoms with Gasteiger partial charge in [-0.1, -0.05) is 0 Å². The van der Waals surface area contributed by atoms with Crippen molar-refractivity contribution in [3.8, 4) is 0 Å². The molecule has 4 nitrogen and oxygen atoms in total. The summed E-state index contributed by atoms with van der Waals surface area (Å²) in [5.41, 5.74) is 1.37. The SMILES string of the molecule is Cc1cc(C(C)C(=O)O)nc(C)n1. The molecule has 1 rings (SSSR count). The van der Waals surface area contributed by atoms with Crippen LogP contribution in [0.5, 0.6) is 0 Å². The first kappa shape index (κ1) is 9.64. The van der Waals surface area contributed by atoms with Crippen molar-refractivity contribution >= 4 is 5.97 Å². The van der Waals surface area contributed by atoms with Gasteiger partial charge in [-0.05, 0) is 26.8 Å². The predicted molar refractivity (Wildman–Crippen MR) is 47.6 cm³/mol. The first-order valence-corrected chi connectivity index (χ1v) is 4.05. The highest BCUT2D eigenvalue weighted by molar-refractivity contribution is 5.74. The Hall–Kier alpha value is -1.45. The third kappa shape index (κ3) is 2.24. The van der Waals surface area contributed by atoms with Crippen molar-refractivity contribution in [2.24, 2.45) is 0 Å².